The Morgan fingerprint density at radius 2 is 2.28 bits per heavy atom. The van der Waals surface area contributed by atoms with Crippen molar-refractivity contribution >= 4 is 0 Å². The minimum absolute atomic E-state index is 0.668. The molecule has 0 amide bonds. The van der Waals surface area contributed by atoms with Gasteiger partial charge in [0.25, 0.3) is 0 Å². The van der Waals surface area contributed by atoms with Crippen LogP contribution < -0.4 is 5.32 Å². The molecule has 1 aromatic heterocycles. The lowest BCUT2D eigenvalue weighted by Crippen LogP contribution is -2.43. The molecule has 1 atom stereocenters. The molecule has 1 unspecified atom stereocenters. The molecule has 0 spiro atoms. The third-order valence-corrected chi connectivity index (χ3v) is 3.61. The fourth-order valence-electron chi connectivity index (χ4n) is 2.73. The van der Waals surface area contributed by atoms with Gasteiger partial charge in [0.1, 0.15) is 11.5 Å². The van der Waals surface area contributed by atoms with Crippen LogP contribution >= 0.6 is 0 Å². The number of nitrogens with zero attached hydrogens (tertiary/aromatic N) is 1. The number of piperidine rings is 1. The Labute approximate surface area is 111 Å². The first-order chi connectivity index (χ1) is 8.78. The number of nitrogens with one attached hydrogen (secondary N) is 1. The van der Waals surface area contributed by atoms with Gasteiger partial charge in [-0.1, -0.05) is 13.3 Å². The minimum Gasteiger partial charge on any atom is -0.465 e. The van der Waals surface area contributed by atoms with Gasteiger partial charge in [-0.15, -0.1) is 0 Å². The van der Waals surface area contributed by atoms with Crippen LogP contribution in [0.3, 0.4) is 0 Å². The number of furan rings is 1. The molecule has 1 saturated heterocycles. The zero-order chi connectivity index (χ0) is 12.8. The van der Waals surface area contributed by atoms with Crippen molar-refractivity contribution < 1.29 is 4.42 Å². The van der Waals surface area contributed by atoms with Gasteiger partial charge in [0.2, 0.25) is 0 Å². The van der Waals surface area contributed by atoms with E-state index in [1.165, 1.54) is 32.2 Å². The number of aryl methyl sites for hydroxylation is 1. The topological polar surface area (TPSA) is 28.4 Å². The summed E-state index contributed by atoms with van der Waals surface area (Å²) in [4.78, 5) is 2.52. The van der Waals surface area contributed by atoms with E-state index in [-0.39, 0.29) is 0 Å². The van der Waals surface area contributed by atoms with Crippen molar-refractivity contribution in [1.29, 1.82) is 0 Å². The molecular formula is C15H26N2O. The van der Waals surface area contributed by atoms with Gasteiger partial charge in [0.15, 0.2) is 0 Å². The van der Waals surface area contributed by atoms with Crippen molar-refractivity contribution in [3.63, 3.8) is 0 Å². The van der Waals surface area contributed by atoms with Gasteiger partial charge in [-0.3, -0.25) is 4.90 Å². The second-order valence-corrected chi connectivity index (χ2v) is 5.39. The molecule has 0 saturated carbocycles. The SMILES string of the molecule is CCCN(Cc1ccc(C)o1)CC1CCCCN1. The van der Waals surface area contributed by atoms with E-state index in [4.69, 9.17) is 4.42 Å². The summed E-state index contributed by atoms with van der Waals surface area (Å²) >= 11 is 0. The first-order valence-corrected chi connectivity index (χ1v) is 7.29. The summed E-state index contributed by atoms with van der Waals surface area (Å²) in [5.74, 6) is 2.11. The predicted molar refractivity (Wildman–Crippen MR) is 74.7 cm³/mol. The van der Waals surface area contributed by atoms with Crippen LogP contribution in [0.15, 0.2) is 16.5 Å². The van der Waals surface area contributed by atoms with Crippen LogP contribution in [0.1, 0.15) is 44.1 Å². The van der Waals surface area contributed by atoms with Gasteiger partial charge in [-0.25, -0.2) is 0 Å². The van der Waals surface area contributed by atoms with Crippen LogP contribution in [-0.2, 0) is 6.54 Å². The maximum atomic E-state index is 5.69. The highest BCUT2D eigenvalue weighted by molar-refractivity contribution is 5.05. The molecule has 3 nitrogen and oxygen atoms in total. The van der Waals surface area contributed by atoms with E-state index in [1.54, 1.807) is 0 Å². The zero-order valence-electron chi connectivity index (χ0n) is 11.7. The Balaban J connectivity index is 1.86. The van der Waals surface area contributed by atoms with Gasteiger partial charge < -0.3 is 9.73 Å². The van der Waals surface area contributed by atoms with Crippen LogP contribution in [0, 0.1) is 6.92 Å². The van der Waals surface area contributed by atoms with Gasteiger partial charge in [0.05, 0.1) is 6.54 Å². The van der Waals surface area contributed by atoms with Gasteiger partial charge in [0, 0.05) is 12.6 Å². The Morgan fingerprint density at radius 1 is 1.39 bits per heavy atom. The number of hydrogen-bond acceptors (Lipinski definition) is 3. The van der Waals surface area contributed by atoms with Crippen LogP contribution in [0.5, 0.6) is 0 Å². The van der Waals surface area contributed by atoms with Gasteiger partial charge >= 0.3 is 0 Å². The molecule has 1 fully saturated rings. The molecule has 102 valence electrons. The Bertz CT molecular complexity index is 342. The molecule has 2 rings (SSSR count). The van der Waals surface area contributed by atoms with Gasteiger partial charge in [-0.05, 0) is 51.4 Å². The largest absolute Gasteiger partial charge is 0.465 e. The first-order valence-electron chi connectivity index (χ1n) is 7.29. The molecule has 18 heavy (non-hydrogen) atoms. The second kappa shape index (κ2) is 6.95. The fraction of sp³-hybridized carbons (Fsp3) is 0.733. The number of hydrogen-bond donors (Lipinski definition) is 1. The third-order valence-electron chi connectivity index (χ3n) is 3.61. The molecule has 0 aliphatic carbocycles. The summed E-state index contributed by atoms with van der Waals surface area (Å²) in [7, 11) is 0. The standard InChI is InChI=1S/C15H26N2O/c1-3-10-17(11-14-6-4-5-9-16-14)12-15-8-7-13(2)18-15/h7-8,14,16H,3-6,9-12H2,1-2H3. The molecule has 1 aliphatic heterocycles. The lowest BCUT2D eigenvalue weighted by molar-refractivity contribution is 0.202. The van der Waals surface area contributed by atoms with E-state index in [2.05, 4.69) is 29.3 Å². The summed E-state index contributed by atoms with van der Waals surface area (Å²) in [6.07, 6.45) is 5.23. The normalized spacial score (nSPS) is 20.5. The monoisotopic (exact) mass is 250 g/mol. The lowest BCUT2D eigenvalue weighted by Gasteiger charge is -2.29. The molecule has 0 aromatic carbocycles. The zero-order valence-corrected chi connectivity index (χ0v) is 11.7. The van der Waals surface area contributed by atoms with E-state index in [0.29, 0.717) is 6.04 Å². The lowest BCUT2D eigenvalue weighted by atomic mass is 10.0. The molecule has 1 aliphatic rings. The van der Waals surface area contributed by atoms with E-state index in [1.807, 2.05) is 6.92 Å². The van der Waals surface area contributed by atoms with Crippen molar-refractivity contribution in [3.8, 4) is 0 Å². The van der Waals surface area contributed by atoms with Crippen LogP contribution in [0.25, 0.3) is 0 Å². The van der Waals surface area contributed by atoms with Crippen LogP contribution in [0.2, 0.25) is 0 Å². The van der Waals surface area contributed by atoms with Crippen LogP contribution in [0.4, 0.5) is 0 Å². The third kappa shape index (κ3) is 4.14. The van der Waals surface area contributed by atoms with E-state index >= 15 is 0 Å². The average molecular weight is 250 g/mol. The molecule has 1 N–H and O–H groups in total. The van der Waals surface area contributed by atoms with E-state index in [9.17, 15) is 0 Å². The van der Waals surface area contributed by atoms with Crippen molar-refractivity contribution in [2.75, 3.05) is 19.6 Å². The summed E-state index contributed by atoms with van der Waals surface area (Å²) < 4.78 is 5.69. The highest BCUT2D eigenvalue weighted by Crippen LogP contribution is 2.13. The predicted octanol–water partition coefficient (Wildman–Crippen LogP) is 2.94. The highest BCUT2D eigenvalue weighted by atomic mass is 16.3. The summed E-state index contributed by atoms with van der Waals surface area (Å²) in [6, 6.07) is 4.83. The van der Waals surface area contributed by atoms with E-state index < -0.39 is 0 Å². The second-order valence-electron chi connectivity index (χ2n) is 5.39. The Morgan fingerprint density at radius 3 is 2.89 bits per heavy atom. The average Bonchev–Trinajstić information content (AvgIpc) is 2.76. The van der Waals surface area contributed by atoms with Crippen molar-refractivity contribution in [2.45, 2.75) is 52.1 Å². The molecule has 1 aromatic rings. The van der Waals surface area contributed by atoms with Crippen molar-refractivity contribution in [2.24, 2.45) is 0 Å². The quantitative estimate of drug-likeness (QED) is 0.841. The van der Waals surface area contributed by atoms with Crippen LogP contribution in [-0.4, -0.2) is 30.6 Å². The maximum absolute atomic E-state index is 5.69. The van der Waals surface area contributed by atoms with Crippen molar-refractivity contribution in [3.05, 3.63) is 23.7 Å². The molecule has 3 heteroatoms. The summed E-state index contributed by atoms with van der Waals surface area (Å²) in [5.41, 5.74) is 0. The van der Waals surface area contributed by atoms with Gasteiger partial charge in [-0.2, -0.15) is 0 Å². The Kier molecular flexibility index (Phi) is 5.26. The summed E-state index contributed by atoms with van der Waals surface area (Å²) in [5, 5.41) is 3.63. The molecule has 0 radical (unpaired) electrons. The minimum atomic E-state index is 0.668. The molecule has 2 heterocycles. The summed E-state index contributed by atoms with van der Waals surface area (Å²) in [6.45, 7) is 8.68. The fourth-order valence-corrected chi connectivity index (χ4v) is 2.73. The number of rotatable bonds is 6. The Hall–Kier alpha value is -0.800. The first kappa shape index (κ1) is 13.6. The highest BCUT2D eigenvalue weighted by Gasteiger charge is 2.17. The van der Waals surface area contributed by atoms with Crippen molar-refractivity contribution in [1.82, 2.24) is 10.2 Å². The smallest absolute Gasteiger partial charge is 0.118 e. The molecule has 0 bridgehead atoms. The van der Waals surface area contributed by atoms with E-state index in [0.717, 1.165) is 31.2 Å². The maximum Gasteiger partial charge on any atom is 0.118 e. The molecular weight excluding hydrogens is 224 g/mol.